The summed E-state index contributed by atoms with van der Waals surface area (Å²) in [4.78, 5) is 49.2. The standard InChI is InChI=1S/C27H36BrN3O2.C20H28N2OS.C10H18FNO.C6H12.C3H6/c1-5-18(2)26-29-27(32)25-22(28)7-6-8-24(25)31(26)23-10-9-21(17-19(23)3)20-11-13-30(14-12-20)15-16-33-4;1-4-6-8-18(7-5-2)20(23)21-13-16-9-11-17(12-10-16)19-15(3)22-14-24-19;1-7(13)8(9(2,3)4)12-10(11)5-6-10;1-6-4-2-3-5-6;1-2-3-1/h6-9,17-18,20,23H,5,10-16H2,1-4H3;9-12,14,18H,4-8,13H2,1-3H3,(H,21,23);8,12H,5-6H2,1-4H3;6H,2-5H2,1H3;1-3H2. The number of aryl methyl sites for hydroxylation is 1. The first-order chi connectivity index (χ1) is 37.7. The van der Waals surface area contributed by atoms with E-state index in [1.165, 1.54) is 86.3 Å². The van der Waals surface area contributed by atoms with Crippen molar-refractivity contribution in [3.63, 3.8) is 0 Å². The first-order valence-electron chi connectivity index (χ1n) is 30.3. The van der Waals surface area contributed by atoms with Gasteiger partial charge in [-0.25, -0.2) is 9.37 Å². The highest BCUT2D eigenvalue weighted by atomic mass is 79.9. The molecule has 1 amide bonds. The molecule has 0 radical (unpaired) electrons. The first kappa shape index (κ1) is 65.9. The van der Waals surface area contributed by atoms with Crippen LogP contribution in [0.2, 0.25) is 0 Å². The Hall–Kier alpha value is -3.88. The largest absolute Gasteiger partial charge is 0.383 e. The molecule has 1 aliphatic heterocycles. The topological polar surface area (TPSA) is 118 Å². The number of rotatable bonds is 19. The molecule has 0 bridgehead atoms. The van der Waals surface area contributed by atoms with Gasteiger partial charge >= 0.3 is 0 Å². The first-order valence-corrected chi connectivity index (χ1v) is 31.9. The zero-order valence-corrected chi connectivity index (χ0v) is 53.0. The van der Waals surface area contributed by atoms with Gasteiger partial charge in [0.25, 0.3) is 5.56 Å². The van der Waals surface area contributed by atoms with Gasteiger partial charge in [0.15, 0.2) is 5.79 Å². The zero-order valence-electron chi connectivity index (χ0n) is 50.6. The van der Waals surface area contributed by atoms with E-state index >= 15 is 0 Å². The number of nitrogens with one attached hydrogen (secondary N) is 2. The SMILES string of the molecule is C1CC1.CC(=O)C(NC1(F)CC1)C(C)(C)C.CC1CCCC1.CCC(C)c1nc(=O)c2c(Br)cccc2n1C1CC=C(C2CCN(CCOC)CC2)C=C1C.CCCCC(CCC)C(=O)NCc1ccc(-c2scnc2C)cc1. The van der Waals surface area contributed by atoms with Crippen LogP contribution in [0, 0.1) is 30.1 Å². The molecule has 79 heavy (non-hydrogen) atoms. The van der Waals surface area contributed by atoms with E-state index in [4.69, 9.17) is 4.74 Å². The number of halogens is 2. The highest BCUT2D eigenvalue weighted by Gasteiger charge is 2.47. The number of piperidine rings is 1. The summed E-state index contributed by atoms with van der Waals surface area (Å²) >= 11 is 5.25. The second-order valence-corrected chi connectivity index (χ2v) is 26.0. The smallest absolute Gasteiger partial charge is 0.281 e. The maximum atomic E-state index is 13.4. The fourth-order valence-corrected chi connectivity index (χ4v) is 12.1. The van der Waals surface area contributed by atoms with Crippen LogP contribution in [-0.2, 0) is 20.9 Å². The lowest BCUT2D eigenvalue weighted by atomic mass is 9.83. The molecule has 4 aromatic rings. The molecule has 3 saturated carbocycles. The van der Waals surface area contributed by atoms with Crippen LogP contribution >= 0.6 is 27.3 Å². The van der Waals surface area contributed by atoms with E-state index in [1.807, 2.05) is 45.3 Å². The van der Waals surface area contributed by atoms with Gasteiger partial charge in [-0.05, 0) is 153 Å². The van der Waals surface area contributed by atoms with Crippen molar-refractivity contribution in [2.45, 2.75) is 222 Å². The predicted octanol–water partition coefficient (Wildman–Crippen LogP) is 16.6. The minimum Gasteiger partial charge on any atom is -0.383 e. The Morgan fingerprint density at radius 1 is 0.949 bits per heavy atom. The molecule has 2 aromatic carbocycles. The third-order valence-corrected chi connectivity index (χ3v) is 17.8. The minimum atomic E-state index is -1.26. The van der Waals surface area contributed by atoms with Gasteiger partial charge in [-0.2, -0.15) is 4.98 Å². The highest BCUT2D eigenvalue weighted by Crippen LogP contribution is 2.40. The molecule has 10 nitrogen and oxygen atoms in total. The molecule has 4 aliphatic carbocycles. The Bertz CT molecular complexity index is 2620. The Balaban J connectivity index is 0.000000215. The molecule has 1 saturated heterocycles. The van der Waals surface area contributed by atoms with Crippen LogP contribution < -0.4 is 16.2 Å². The number of ketones is 1. The molecule has 4 unspecified atom stereocenters. The van der Waals surface area contributed by atoms with E-state index in [-0.39, 0.29) is 46.6 Å². The van der Waals surface area contributed by atoms with Crippen LogP contribution in [0.3, 0.4) is 0 Å². The number of hydrogen-bond donors (Lipinski definition) is 2. The van der Waals surface area contributed by atoms with Crippen molar-refractivity contribution in [3.8, 4) is 10.4 Å². The number of likely N-dealkylation sites (tertiary alicyclic amines) is 1. The molecule has 2 aromatic heterocycles. The Morgan fingerprint density at radius 3 is 2.13 bits per heavy atom. The lowest BCUT2D eigenvalue weighted by Gasteiger charge is -2.35. The normalized spacial score (nSPS) is 19.1. The number of allylic oxidation sites excluding steroid dienone is 4. The van der Waals surface area contributed by atoms with Gasteiger partial charge in [0.1, 0.15) is 11.6 Å². The van der Waals surface area contributed by atoms with E-state index < -0.39 is 5.79 Å². The number of nitrogens with zero attached hydrogens (tertiary/aromatic N) is 4. The number of aromatic nitrogens is 3. The molecule has 4 fully saturated rings. The molecular formula is C66H100BrFN6O4S. The van der Waals surface area contributed by atoms with Gasteiger partial charge in [0.2, 0.25) is 5.91 Å². The summed E-state index contributed by atoms with van der Waals surface area (Å²) in [5, 5.41) is 6.58. The van der Waals surface area contributed by atoms with Crippen molar-refractivity contribution in [2.75, 3.05) is 33.4 Å². The van der Waals surface area contributed by atoms with Crippen molar-refractivity contribution in [2.24, 2.45) is 23.2 Å². The molecule has 2 N–H and O–H groups in total. The van der Waals surface area contributed by atoms with Gasteiger partial charge in [0.05, 0.1) is 45.7 Å². The van der Waals surface area contributed by atoms with Crippen LogP contribution in [0.15, 0.2) is 80.5 Å². The van der Waals surface area contributed by atoms with Gasteiger partial charge in [0, 0.05) is 36.5 Å². The number of thiazole rings is 1. The Labute approximate surface area is 488 Å². The van der Waals surface area contributed by atoms with E-state index in [2.05, 4.69) is 130 Å². The Morgan fingerprint density at radius 2 is 1.62 bits per heavy atom. The molecule has 3 heterocycles. The van der Waals surface area contributed by atoms with Crippen molar-refractivity contribution < 1.29 is 18.7 Å². The van der Waals surface area contributed by atoms with Crippen molar-refractivity contribution in [1.82, 2.24) is 30.1 Å². The fraction of sp³-hybridized carbons (Fsp3) is 0.652. The molecule has 13 heteroatoms. The summed E-state index contributed by atoms with van der Waals surface area (Å²) < 4.78 is 21.8. The fourth-order valence-electron chi connectivity index (χ4n) is 10.7. The molecular weight excluding hydrogens is 1070 g/mol. The quantitative estimate of drug-likeness (QED) is 0.0892. The summed E-state index contributed by atoms with van der Waals surface area (Å²) in [6, 6.07) is 14.2. The number of fused-ring (bicyclic) bond motifs is 1. The minimum absolute atomic E-state index is 0.0106. The van der Waals surface area contributed by atoms with Crippen molar-refractivity contribution >= 4 is 49.9 Å². The summed E-state index contributed by atoms with van der Waals surface area (Å²) in [5.41, 5.74) is 8.73. The third kappa shape index (κ3) is 21.1. The third-order valence-electron chi connectivity index (χ3n) is 16.2. The number of benzene rings is 2. The maximum Gasteiger partial charge on any atom is 0.281 e. The van der Waals surface area contributed by atoms with Crippen LogP contribution in [0.4, 0.5) is 4.39 Å². The molecule has 438 valence electrons. The predicted molar refractivity (Wildman–Crippen MR) is 333 cm³/mol. The second-order valence-electron chi connectivity index (χ2n) is 24.3. The van der Waals surface area contributed by atoms with Gasteiger partial charge in [-0.15, -0.1) is 11.3 Å². The summed E-state index contributed by atoms with van der Waals surface area (Å²) in [5.74, 6) is 1.91. The molecule has 0 spiro atoms. The number of carbonyl (C=O) groups excluding carboxylic acids is 2. The number of ether oxygens (including phenoxy) is 1. The summed E-state index contributed by atoms with van der Waals surface area (Å²) in [6.07, 6.45) is 26.0. The number of hydrogen-bond acceptors (Lipinski definition) is 9. The van der Waals surface area contributed by atoms with Crippen LogP contribution in [-0.4, -0.2) is 76.3 Å². The van der Waals surface area contributed by atoms with E-state index in [9.17, 15) is 18.8 Å². The Kier molecular flexibility index (Phi) is 27.3. The van der Waals surface area contributed by atoms with E-state index in [0.29, 0.717) is 30.7 Å². The lowest BCUT2D eigenvalue weighted by Crippen LogP contribution is -2.49. The lowest BCUT2D eigenvalue weighted by molar-refractivity contribution is -0.125. The van der Waals surface area contributed by atoms with E-state index in [0.717, 1.165) is 104 Å². The molecule has 4 atom stereocenters. The van der Waals surface area contributed by atoms with Gasteiger partial charge in [-0.3, -0.25) is 19.7 Å². The molecule has 5 aliphatic rings. The second kappa shape index (κ2) is 32.7. The van der Waals surface area contributed by atoms with Crippen LogP contribution in [0.1, 0.15) is 214 Å². The van der Waals surface area contributed by atoms with Gasteiger partial charge < -0.3 is 19.5 Å². The highest BCUT2D eigenvalue weighted by molar-refractivity contribution is 9.10. The number of methoxy groups -OCH3 is 1. The number of carbonyl (C=O) groups is 2. The van der Waals surface area contributed by atoms with E-state index in [1.54, 1.807) is 18.4 Å². The summed E-state index contributed by atoms with van der Waals surface area (Å²) in [6.45, 7) is 27.3. The van der Waals surface area contributed by atoms with Crippen molar-refractivity contribution in [1.29, 1.82) is 0 Å². The van der Waals surface area contributed by atoms with Crippen LogP contribution in [0.5, 0.6) is 0 Å². The zero-order chi connectivity index (χ0) is 57.7. The number of amides is 1. The van der Waals surface area contributed by atoms with Crippen LogP contribution in [0.25, 0.3) is 21.3 Å². The average Bonchev–Trinajstić information content (AvgIpc) is 4.42. The maximum absolute atomic E-state index is 13.4. The number of alkyl halides is 1. The monoisotopic (exact) mass is 1170 g/mol. The summed E-state index contributed by atoms with van der Waals surface area (Å²) in [7, 11) is 1.77. The van der Waals surface area contributed by atoms with Gasteiger partial charge in [-0.1, -0.05) is 162 Å². The number of unbranched alkanes of at least 4 members (excludes halogenated alkanes) is 1. The molecule has 9 rings (SSSR count). The number of Topliss-reactive ketones (excluding diaryl/α,β-unsaturated/α-hetero) is 1. The van der Waals surface area contributed by atoms with Crippen molar-refractivity contribution in [3.05, 3.63) is 103 Å². The average molecular weight is 1170 g/mol.